The van der Waals surface area contributed by atoms with Gasteiger partial charge in [0, 0.05) is 31.6 Å². The Hall–Kier alpha value is -3.08. The van der Waals surface area contributed by atoms with Crippen LogP contribution < -0.4 is 10.2 Å². The summed E-state index contributed by atoms with van der Waals surface area (Å²) in [7, 11) is 0. The highest BCUT2D eigenvalue weighted by Gasteiger charge is 2.35. The van der Waals surface area contributed by atoms with Gasteiger partial charge in [0.05, 0.1) is 22.8 Å². The molecule has 8 nitrogen and oxygen atoms in total. The molecule has 0 saturated carbocycles. The van der Waals surface area contributed by atoms with E-state index in [0.29, 0.717) is 38.5 Å². The Labute approximate surface area is 201 Å². The van der Waals surface area contributed by atoms with Crippen molar-refractivity contribution in [3.05, 3.63) is 58.0 Å². The van der Waals surface area contributed by atoms with Crippen molar-refractivity contribution in [2.45, 2.75) is 44.3 Å². The number of anilines is 1. The van der Waals surface area contributed by atoms with Gasteiger partial charge in [-0.15, -0.1) is 0 Å². The number of alkyl halides is 3. The van der Waals surface area contributed by atoms with E-state index >= 15 is 0 Å². The van der Waals surface area contributed by atoms with Crippen LogP contribution in [0.25, 0.3) is 0 Å². The first-order valence-electron chi connectivity index (χ1n) is 11.9. The second-order valence-corrected chi connectivity index (χ2v) is 9.09. The first-order valence-corrected chi connectivity index (χ1v) is 11.9. The van der Waals surface area contributed by atoms with E-state index < -0.39 is 22.4 Å². The van der Waals surface area contributed by atoms with Crippen molar-refractivity contribution in [1.29, 1.82) is 0 Å². The van der Waals surface area contributed by atoms with E-state index in [1.807, 2.05) is 12.1 Å². The third-order valence-corrected chi connectivity index (χ3v) is 6.88. The number of hydrogen-bond donors (Lipinski definition) is 1. The van der Waals surface area contributed by atoms with Gasteiger partial charge >= 0.3 is 6.18 Å². The van der Waals surface area contributed by atoms with Crippen LogP contribution in [0.1, 0.15) is 49.5 Å². The van der Waals surface area contributed by atoms with E-state index in [4.69, 9.17) is 4.42 Å². The largest absolute Gasteiger partial charge is 0.468 e. The molecule has 2 aliphatic rings. The molecule has 35 heavy (non-hydrogen) atoms. The summed E-state index contributed by atoms with van der Waals surface area (Å²) in [6, 6.07) is 6.29. The van der Waals surface area contributed by atoms with Crippen LogP contribution in [0.5, 0.6) is 0 Å². The number of amides is 1. The van der Waals surface area contributed by atoms with Crippen molar-refractivity contribution >= 4 is 17.3 Å². The topological polar surface area (TPSA) is 91.9 Å². The van der Waals surface area contributed by atoms with E-state index in [1.54, 1.807) is 11.2 Å². The summed E-state index contributed by atoms with van der Waals surface area (Å²) in [5.41, 5.74) is -1.49. The molecular weight excluding hydrogens is 465 g/mol. The normalized spacial score (nSPS) is 18.9. The lowest BCUT2D eigenvalue weighted by Crippen LogP contribution is -2.44. The predicted molar refractivity (Wildman–Crippen MR) is 123 cm³/mol. The molecule has 1 N–H and O–H groups in total. The van der Waals surface area contributed by atoms with Gasteiger partial charge in [0.25, 0.3) is 5.69 Å². The number of nitrogens with zero attached hydrogens (tertiary/aromatic N) is 3. The zero-order chi connectivity index (χ0) is 25.0. The first kappa shape index (κ1) is 25.0. The Balaban J connectivity index is 1.36. The second kappa shape index (κ2) is 10.7. The fourth-order valence-electron chi connectivity index (χ4n) is 4.96. The molecule has 0 spiro atoms. The van der Waals surface area contributed by atoms with E-state index in [-0.39, 0.29) is 23.6 Å². The fourth-order valence-corrected chi connectivity index (χ4v) is 4.96. The van der Waals surface area contributed by atoms with Crippen LogP contribution in [-0.4, -0.2) is 48.5 Å². The van der Waals surface area contributed by atoms with Crippen LogP contribution in [0.3, 0.4) is 0 Å². The van der Waals surface area contributed by atoms with Crippen LogP contribution >= 0.6 is 0 Å². The zero-order valence-corrected chi connectivity index (χ0v) is 19.3. The number of carbonyl (C=O) groups is 1. The van der Waals surface area contributed by atoms with Crippen molar-refractivity contribution in [2.24, 2.45) is 5.92 Å². The van der Waals surface area contributed by atoms with Crippen LogP contribution in [-0.2, 0) is 11.0 Å². The lowest BCUT2D eigenvalue weighted by atomic mass is 9.95. The number of likely N-dealkylation sites (tertiary alicyclic amines) is 1. The molecule has 1 amide bonds. The number of piperidine rings is 2. The summed E-state index contributed by atoms with van der Waals surface area (Å²) in [4.78, 5) is 27.6. The van der Waals surface area contributed by atoms with Gasteiger partial charge in [0.1, 0.15) is 11.4 Å². The average Bonchev–Trinajstić information content (AvgIpc) is 3.38. The fraction of sp³-hybridized carbons (Fsp3) is 0.542. The molecule has 2 fully saturated rings. The maximum atomic E-state index is 13.0. The smallest absolute Gasteiger partial charge is 0.416 e. The number of carbonyl (C=O) groups excluding carboxylic acids is 1. The van der Waals surface area contributed by atoms with Crippen molar-refractivity contribution in [3.63, 3.8) is 0 Å². The second-order valence-electron chi connectivity index (χ2n) is 9.09. The molecular formula is C24H29F3N4O4. The summed E-state index contributed by atoms with van der Waals surface area (Å²) in [6.07, 6.45) is 1.31. The predicted octanol–water partition coefficient (Wildman–Crippen LogP) is 4.77. The standard InChI is InChI=1S/C24H29F3N4O4/c25-24(26,27)18-6-7-19(20(15-18)31(33)34)30-12-8-17(9-13-30)23(32)28-16-21(22-5-4-14-35-22)29-10-2-1-3-11-29/h4-7,14-15,17,21H,1-3,8-13,16H2,(H,28,32). The van der Waals surface area contributed by atoms with Gasteiger partial charge in [-0.25, -0.2) is 0 Å². The Morgan fingerprint density at radius 1 is 1.14 bits per heavy atom. The molecule has 4 rings (SSSR count). The SMILES string of the molecule is O=C(NCC(c1ccco1)N1CCCCC1)C1CCN(c2ccc(C(F)(F)F)cc2[N+](=O)[O-])CC1. The molecule has 1 aromatic heterocycles. The maximum absolute atomic E-state index is 13.0. The van der Waals surface area contributed by atoms with Crippen molar-refractivity contribution < 1.29 is 27.3 Å². The monoisotopic (exact) mass is 494 g/mol. The number of rotatable bonds is 7. The number of nitro benzene ring substituents is 1. The Morgan fingerprint density at radius 3 is 2.46 bits per heavy atom. The summed E-state index contributed by atoms with van der Waals surface area (Å²) in [5.74, 6) is 0.468. The highest BCUT2D eigenvalue weighted by Crippen LogP contribution is 2.37. The molecule has 0 radical (unpaired) electrons. The van der Waals surface area contributed by atoms with Gasteiger partial charge in [-0.05, 0) is 63.0 Å². The number of hydrogen-bond acceptors (Lipinski definition) is 6. The maximum Gasteiger partial charge on any atom is 0.416 e. The molecule has 2 aliphatic heterocycles. The third kappa shape index (κ3) is 5.95. The third-order valence-electron chi connectivity index (χ3n) is 6.88. The molecule has 3 heterocycles. The molecule has 0 bridgehead atoms. The zero-order valence-electron chi connectivity index (χ0n) is 19.3. The molecule has 0 aliphatic carbocycles. The minimum atomic E-state index is -4.66. The van der Waals surface area contributed by atoms with Gasteiger partial charge in [0.15, 0.2) is 0 Å². The summed E-state index contributed by atoms with van der Waals surface area (Å²) in [6.45, 7) is 3.02. The quantitative estimate of drug-likeness (QED) is 0.441. The number of nitrogens with one attached hydrogen (secondary N) is 1. The Morgan fingerprint density at radius 2 is 1.86 bits per heavy atom. The number of nitro groups is 1. The molecule has 11 heteroatoms. The highest BCUT2D eigenvalue weighted by atomic mass is 19.4. The lowest BCUT2D eigenvalue weighted by Gasteiger charge is -2.35. The average molecular weight is 495 g/mol. The minimum Gasteiger partial charge on any atom is -0.468 e. The van der Waals surface area contributed by atoms with E-state index in [1.165, 1.54) is 6.42 Å². The van der Waals surface area contributed by atoms with Crippen LogP contribution in [0, 0.1) is 16.0 Å². The summed E-state index contributed by atoms with van der Waals surface area (Å²) < 4.78 is 44.6. The lowest BCUT2D eigenvalue weighted by molar-refractivity contribution is -0.384. The van der Waals surface area contributed by atoms with Gasteiger partial charge in [-0.2, -0.15) is 13.2 Å². The van der Waals surface area contributed by atoms with E-state index in [9.17, 15) is 28.1 Å². The molecule has 2 aromatic rings. The Kier molecular flexibility index (Phi) is 7.63. The van der Waals surface area contributed by atoms with Crippen molar-refractivity contribution in [3.8, 4) is 0 Å². The first-order chi connectivity index (χ1) is 16.7. The summed E-state index contributed by atoms with van der Waals surface area (Å²) >= 11 is 0. The van der Waals surface area contributed by atoms with Gasteiger partial charge in [-0.3, -0.25) is 19.8 Å². The Bertz CT molecular complexity index is 1010. The minimum absolute atomic E-state index is 0.0378. The summed E-state index contributed by atoms with van der Waals surface area (Å²) in [5, 5.41) is 14.5. The molecule has 190 valence electrons. The van der Waals surface area contributed by atoms with Crippen LogP contribution in [0.4, 0.5) is 24.5 Å². The highest BCUT2D eigenvalue weighted by molar-refractivity contribution is 5.79. The van der Waals surface area contributed by atoms with Crippen LogP contribution in [0.15, 0.2) is 41.0 Å². The van der Waals surface area contributed by atoms with Gasteiger partial charge < -0.3 is 14.6 Å². The number of halogens is 3. The number of furan rings is 1. The molecule has 1 atom stereocenters. The van der Waals surface area contributed by atoms with E-state index in [2.05, 4.69) is 10.2 Å². The molecule has 2 saturated heterocycles. The van der Waals surface area contributed by atoms with Crippen LogP contribution in [0.2, 0.25) is 0 Å². The van der Waals surface area contributed by atoms with Crippen molar-refractivity contribution in [2.75, 3.05) is 37.6 Å². The van der Waals surface area contributed by atoms with E-state index in [0.717, 1.165) is 43.8 Å². The number of benzene rings is 1. The van der Waals surface area contributed by atoms with Gasteiger partial charge in [-0.1, -0.05) is 6.42 Å². The molecule has 1 aromatic carbocycles. The molecule has 1 unspecified atom stereocenters. The van der Waals surface area contributed by atoms with Gasteiger partial charge in [0.2, 0.25) is 5.91 Å². The van der Waals surface area contributed by atoms with Crippen molar-refractivity contribution in [1.82, 2.24) is 10.2 Å².